The normalized spacial score (nSPS) is 6.71. The van der Waals surface area contributed by atoms with Gasteiger partial charge in [0.05, 0.1) is 26.4 Å². The summed E-state index contributed by atoms with van der Waals surface area (Å²) in [5.74, 6) is 0. The molecule has 0 saturated carbocycles. The molecule has 6 heteroatoms. The topological polar surface area (TPSA) is 99.4 Å². The highest BCUT2D eigenvalue weighted by Gasteiger charge is 1.72. The van der Waals surface area contributed by atoms with Gasteiger partial charge in [0.2, 0.25) is 0 Å². The van der Waals surface area contributed by atoms with Crippen LogP contribution in [-0.4, -0.2) is 73.3 Å². The van der Waals surface area contributed by atoms with E-state index in [2.05, 4.69) is 33.2 Å². The zero-order chi connectivity index (χ0) is 26.6. The van der Waals surface area contributed by atoms with Gasteiger partial charge in [-0.25, -0.2) is 0 Å². The third-order valence-corrected chi connectivity index (χ3v) is 1.16. The smallest absolute Gasteiger partial charge is 0.0662 e. The molecule has 0 bridgehead atoms. The van der Waals surface area contributed by atoms with Crippen molar-refractivity contribution in [2.75, 3.05) is 52.9 Å². The summed E-state index contributed by atoms with van der Waals surface area (Å²) < 4.78 is 9.82. The lowest BCUT2D eigenvalue weighted by molar-refractivity contribution is 0.148. The van der Waals surface area contributed by atoms with Crippen LogP contribution in [-0.2, 0) is 9.47 Å². The lowest BCUT2D eigenvalue weighted by Gasteiger charge is -1.91. The molecule has 0 aliphatic rings. The fourth-order valence-electron chi connectivity index (χ4n) is 0.493. The fourth-order valence-corrected chi connectivity index (χ4v) is 0.493. The van der Waals surface area contributed by atoms with Gasteiger partial charge < -0.3 is 29.9 Å². The molecule has 0 aliphatic heterocycles. The summed E-state index contributed by atoms with van der Waals surface area (Å²) in [4.78, 5) is 0. The van der Waals surface area contributed by atoms with E-state index in [0.29, 0.717) is 0 Å². The van der Waals surface area contributed by atoms with Gasteiger partial charge in [0.25, 0.3) is 0 Å². The summed E-state index contributed by atoms with van der Waals surface area (Å²) in [6.45, 7) is 32.1. The first-order chi connectivity index (χ1) is 14.8. The molecule has 0 radical (unpaired) electrons. The summed E-state index contributed by atoms with van der Waals surface area (Å²) in [7, 11) is 0. The molecule has 4 N–H and O–H groups in total. The number of ether oxygens (including phenoxy) is 2. The van der Waals surface area contributed by atoms with Gasteiger partial charge in [0, 0.05) is 26.4 Å². The molecule has 0 heterocycles. The Morgan fingerprint density at radius 2 is 0.710 bits per heavy atom. The van der Waals surface area contributed by atoms with E-state index >= 15 is 0 Å². The summed E-state index contributed by atoms with van der Waals surface area (Å²) in [6.07, 6.45) is 8.13. The third-order valence-electron chi connectivity index (χ3n) is 1.16. The van der Waals surface area contributed by atoms with Crippen LogP contribution >= 0.6 is 0 Å². The van der Waals surface area contributed by atoms with Crippen molar-refractivity contribution in [1.82, 2.24) is 0 Å². The van der Waals surface area contributed by atoms with E-state index < -0.39 is 0 Å². The number of aliphatic hydroxyl groups is 4. The average Bonchev–Trinajstić information content (AvgIpc) is 2.76. The van der Waals surface area contributed by atoms with Crippen molar-refractivity contribution in [3.63, 3.8) is 0 Å². The minimum Gasteiger partial charge on any atom is -0.394 e. The maximum atomic E-state index is 7.62. The van der Waals surface area contributed by atoms with Crippen molar-refractivity contribution in [2.45, 2.75) is 61.8 Å². The standard InChI is InChI=1S/C5H12O.C4H10O.4C3H6.2C2H6O2/c1-3-5-6-4-2;1-3-5-4-2;4*1-3-2;2*3-1-2-4/h3-5H2,1-2H3;3-4H2,1-2H3;4*3H,1H2,2H3;2*3-4H,1-2H2. The summed E-state index contributed by atoms with van der Waals surface area (Å²) in [6, 6.07) is 0. The van der Waals surface area contributed by atoms with E-state index in [0.717, 1.165) is 32.8 Å². The molecule has 0 fully saturated rings. The Balaban J connectivity index is -0.0000000330. The fraction of sp³-hybridized carbons (Fsp3) is 0.680. The van der Waals surface area contributed by atoms with Crippen molar-refractivity contribution in [3.8, 4) is 0 Å². The molecule has 194 valence electrons. The number of aliphatic hydroxyl groups excluding tert-OH is 4. The zero-order valence-corrected chi connectivity index (χ0v) is 22.1. The van der Waals surface area contributed by atoms with Gasteiger partial charge in [0.1, 0.15) is 0 Å². The number of allylic oxidation sites excluding steroid dienone is 4. The molecule has 0 aliphatic carbocycles. The van der Waals surface area contributed by atoms with Crippen molar-refractivity contribution < 1.29 is 29.9 Å². The summed E-state index contributed by atoms with van der Waals surface area (Å²) in [5.41, 5.74) is 0. The average molecular weight is 455 g/mol. The van der Waals surface area contributed by atoms with Crippen molar-refractivity contribution in [1.29, 1.82) is 0 Å². The highest BCUT2D eigenvalue weighted by molar-refractivity contribution is 4.52. The van der Waals surface area contributed by atoms with E-state index in [-0.39, 0.29) is 26.4 Å². The molecular weight excluding hydrogens is 396 g/mol. The Hall–Kier alpha value is -1.28. The number of rotatable bonds is 7. The molecule has 0 atom stereocenters. The molecular formula is C25H58O6. The molecule has 31 heavy (non-hydrogen) atoms. The van der Waals surface area contributed by atoms with Gasteiger partial charge in [-0.3, -0.25) is 0 Å². The first-order valence-electron chi connectivity index (χ1n) is 10.7. The second-order valence-electron chi connectivity index (χ2n) is 4.51. The minimum absolute atomic E-state index is 0.125. The molecule has 0 saturated heterocycles. The van der Waals surface area contributed by atoms with Crippen LogP contribution in [0.2, 0.25) is 0 Å². The Kier molecular flexibility index (Phi) is 197. The molecule has 0 aromatic heterocycles. The van der Waals surface area contributed by atoms with Crippen LogP contribution in [0.5, 0.6) is 0 Å². The zero-order valence-electron chi connectivity index (χ0n) is 22.1. The van der Waals surface area contributed by atoms with Gasteiger partial charge in [0.15, 0.2) is 0 Å². The van der Waals surface area contributed by atoms with Gasteiger partial charge >= 0.3 is 0 Å². The van der Waals surface area contributed by atoms with E-state index in [1.807, 2.05) is 48.5 Å². The van der Waals surface area contributed by atoms with E-state index in [1.165, 1.54) is 0 Å². The highest BCUT2D eigenvalue weighted by atomic mass is 16.5. The molecule has 0 amide bonds. The number of hydrogen-bond acceptors (Lipinski definition) is 6. The summed E-state index contributed by atoms with van der Waals surface area (Å²) in [5, 5.41) is 30.5. The lowest BCUT2D eigenvalue weighted by atomic mass is 10.5. The van der Waals surface area contributed by atoms with Crippen molar-refractivity contribution in [2.24, 2.45) is 0 Å². The van der Waals surface area contributed by atoms with Gasteiger partial charge in [-0.2, -0.15) is 0 Å². The molecule has 0 aromatic carbocycles. The van der Waals surface area contributed by atoms with Crippen LogP contribution in [0.15, 0.2) is 50.6 Å². The van der Waals surface area contributed by atoms with Gasteiger partial charge in [-0.05, 0) is 54.9 Å². The van der Waals surface area contributed by atoms with Crippen molar-refractivity contribution in [3.05, 3.63) is 50.6 Å². The second kappa shape index (κ2) is 117. The first kappa shape index (κ1) is 52.0. The maximum absolute atomic E-state index is 7.62. The third kappa shape index (κ3) is 627. The van der Waals surface area contributed by atoms with Crippen LogP contribution in [0.3, 0.4) is 0 Å². The highest BCUT2D eigenvalue weighted by Crippen LogP contribution is 1.75. The second-order valence-corrected chi connectivity index (χ2v) is 4.51. The molecule has 0 spiro atoms. The van der Waals surface area contributed by atoms with Crippen LogP contribution in [0, 0.1) is 0 Å². The van der Waals surface area contributed by atoms with Crippen LogP contribution in [0.25, 0.3) is 0 Å². The summed E-state index contributed by atoms with van der Waals surface area (Å²) >= 11 is 0. The van der Waals surface area contributed by atoms with Gasteiger partial charge in [-0.1, -0.05) is 31.2 Å². The number of hydrogen-bond donors (Lipinski definition) is 4. The van der Waals surface area contributed by atoms with E-state index in [1.54, 1.807) is 24.3 Å². The predicted octanol–water partition coefficient (Wildman–Crippen LogP) is 5.19. The lowest BCUT2D eigenvalue weighted by Crippen LogP contribution is -1.88. The Bertz CT molecular complexity index is 184. The van der Waals surface area contributed by atoms with Gasteiger partial charge in [-0.15, -0.1) is 26.3 Å². The first-order valence-corrected chi connectivity index (χ1v) is 10.7. The molecule has 0 aromatic rings. The molecule has 0 unspecified atom stereocenters. The SMILES string of the molecule is C=CC.C=CC.C=CC.C=CC.CCCOCC.CCOCC.OCCO.OCCO. The Labute approximate surface area is 195 Å². The molecule has 0 rings (SSSR count). The minimum atomic E-state index is -0.125. The quantitative estimate of drug-likeness (QED) is 0.312. The van der Waals surface area contributed by atoms with E-state index in [4.69, 9.17) is 29.9 Å². The van der Waals surface area contributed by atoms with Crippen molar-refractivity contribution >= 4 is 0 Å². The predicted molar refractivity (Wildman–Crippen MR) is 141 cm³/mol. The Morgan fingerprint density at radius 3 is 0.742 bits per heavy atom. The van der Waals surface area contributed by atoms with Crippen LogP contribution < -0.4 is 0 Å². The monoisotopic (exact) mass is 454 g/mol. The maximum Gasteiger partial charge on any atom is 0.0662 e. The molecule has 6 nitrogen and oxygen atoms in total. The van der Waals surface area contributed by atoms with E-state index in [9.17, 15) is 0 Å². The van der Waals surface area contributed by atoms with Crippen LogP contribution in [0.1, 0.15) is 61.8 Å². The Morgan fingerprint density at radius 1 is 0.516 bits per heavy atom. The largest absolute Gasteiger partial charge is 0.394 e. The van der Waals surface area contributed by atoms with Crippen LogP contribution in [0.4, 0.5) is 0 Å².